The van der Waals surface area contributed by atoms with Crippen LogP contribution in [-0.2, 0) is 13.0 Å². The molecule has 0 atom stereocenters. The van der Waals surface area contributed by atoms with Crippen LogP contribution in [0.15, 0.2) is 30.3 Å². The molecule has 0 saturated heterocycles. The largest absolute Gasteiger partial charge is 0.496 e. The van der Waals surface area contributed by atoms with Crippen LogP contribution in [0.3, 0.4) is 0 Å². The molecule has 1 aliphatic heterocycles. The van der Waals surface area contributed by atoms with Gasteiger partial charge in [0, 0.05) is 24.3 Å². The second kappa shape index (κ2) is 8.15. The minimum atomic E-state index is -0.262. The summed E-state index contributed by atoms with van der Waals surface area (Å²) in [6, 6.07) is 9.48. The van der Waals surface area contributed by atoms with Crippen LogP contribution in [0, 0.1) is 0 Å². The van der Waals surface area contributed by atoms with Gasteiger partial charge in [-0.2, -0.15) is 0 Å². The van der Waals surface area contributed by atoms with Crippen LogP contribution < -0.4 is 10.1 Å². The lowest BCUT2D eigenvalue weighted by molar-refractivity contribution is 0.101. The number of ether oxygens (including phenoxy) is 1. The summed E-state index contributed by atoms with van der Waals surface area (Å²) < 4.78 is 5.48. The average Bonchev–Trinajstić information content (AvgIpc) is 2.66. The van der Waals surface area contributed by atoms with Gasteiger partial charge in [0.2, 0.25) is 0 Å². The molecule has 2 aromatic rings. The van der Waals surface area contributed by atoms with Crippen molar-refractivity contribution in [2.45, 2.75) is 39.7 Å². The van der Waals surface area contributed by atoms with E-state index in [9.17, 15) is 9.59 Å². The number of carbonyl (C=O) groups is 2. The van der Waals surface area contributed by atoms with Crippen LogP contribution in [0.1, 0.15) is 64.1 Å². The van der Waals surface area contributed by atoms with Gasteiger partial charge in [-0.1, -0.05) is 26.0 Å². The number of fused-ring (bicyclic) bond motifs is 1. The number of carbonyl (C=O) groups excluding carboxylic acids is 2. The number of hydrogen-bond donors (Lipinski definition) is 1. The first-order valence-electron chi connectivity index (χ1n) is 9.65. The molecule has 5 nitrogen and oxygen atoms in total. The van der Waals surface area contributed by atoms with E-state index in [0.29, 0.717) is 16.9 Å². The van der Waals surface area contributed by atoms with Gasteiger partial charge in [0.25, 0.3) is 5.91 Å². The number of nitrogens with one attached hydrogen (secondary N) is 1. The van der Waals surface area contributed by atoms with E-state index >= 15 is 0 Å². The van der Waals surface area contributed by atoms with Crippen molar-refractivity contribution in [3.63, 3.8) is 0 Å². The smallest absolute Gasteiger partial charge is 0.259 e. The molecule has 3 rings (SSSR count). The third-order valence-electron chi connectivity index (χ3n) is 5.32. The van der Waals surface area contributed by atoms with E-state index in [2.05, 4.69) is 23.3 Å². The number of likely N-dealkylation sites (N-methyl/N-ethyl adjacent to an activating group) is 1. The van der Waals surface area contributed by atoms with Gasteiger partial charge in [-0.05, 0) is 61.2 Å². The predicted molar refractivity (Wildman–Crippen MR) is 112 cm³/mol. The van der Waals surface area contributed by atoms with Crippen molar-refractivity contribution < 1.29 is 14.3 Å². The van der Waals surface area contributed by atoms with Crippen LogP contribution >= 0.6 is 0 Å². The lowest BCUT2D eigenvalue weighted by Crippen LogP contribution is -2.27. The lowest BCUT2D eigenvalue weighted by Gasteiger charge is -2.27. The van der Waals surface area contributed by atoms with Gasteiger partial charge in [-0.3, -0.25) is 9.59 Å². The molecule has 2 aromatic carbocycles. The fraction of sp³-hybridized carbons (Fsp3) is 0.391. The molecule has 1 N–H and O–H groups in total. The Balaban J connectivity index is 1.98. The SMILES string of the molecule is COc1cc(C(C)C)c(C(C)=O)cc1C(=O)Nc1cccc2c1CCN(C)C2. The first-order valence-corrected chi connectivity index (χ1v) is 9.65. The summed E-state index contributed by atoms with van der Waals surface area (Å²) in [6.07, 6.45) is 0.893. The normalized spacial score (nSPS) is 13.9. The topological polar surface area (TPSA) is 58.6 Å². The Kier molecular flexibility index (Phi) is 5.84. The predicted octanol–water partition coefficient (Wildman–Crippen LogP) is 4.26. The molecule has 1 amide bonds. The maximum Gasteiger partial charge on any atom is 0.259 e. The number of methoxy groups -OCH3 is 1. The third-order valence-corrected chi connectivity index (χ3v) is 5.32. The number of Topliss-reactive ketones (excluding diaryl/α,β-unsaturated/α-hetero) is 1. The molecule has 148 valence electrons. The summed E-state index contributed by atoms with van der Waals surface area (Å²) in [4.78, 5) is 27.5. The van der Waals surface area contributed by atoms with E-state index in [0.717, 1.165) is 30.8 Å². The number of amides is 1. The molecule has 0 bridgehead atoms. The highest BCUT2D eigenvalue weighted by atomic mass is 16.5. The molecular formula is C23H28N2O3. The molecule has 0 aromatic heterocycles. The fourth-order valence-electron chi connectivity index (χ4n) is 3.78. The Hall–Kier alpha value is -2.66. The van der Waals surface area contributed by atoms with Gasteiger partial charge < -0.3 is 15.0 Å². The summed E-state index contributed by atoms with van der Waals surface area (Å²) in [5.74, 6) is 0.321. The van der Waals surface area contributed by atoms with Crippen LogP contribution in [0.2, 0.25) is 0 Å². The van der Waals surface area contributed by atoms with E-state index in [1.54, 1.807) is 13.2 Å². The molecular weight excluding hydrogens is 352 g/mol. The van der Waals surface area contributed by atoms with Gasteiger partial charge in [0.1, 0.15) is 5.75 Å². The zero-order valence-electron chi connectivity index (χ0n) is 17.3. The average molecular weight is 380 g/mol. The van der Waals surface area contributed by atoms with Crippen LogP contribution in [0.4, 0.5) is 5.69 Å². The monoisotopic (exact) mass is 380 g/mol. The Bertz CT molecular complexity index is 918. The van der Waals surface area contributed by atoms with E-state index in [4.69, 9.17) is 4.74 Å². The Morgan fingerprint density at radius 1 is 1.18 bits per heavy atom. The molecule has 0 saturated carbocycles. The Labute approximate surface area is 166 Å². The number of ketones is 1. The van der Waals surface area contributed by atoms with E-state index in [1.807, 2.05) is 32.0 Å². The van der Waals surface area contributed by atoms with Crippen molar-refractivity contribution in [2.75, 3.05) is 26.0 Å². The van der Waals surface area contributed by atoms with Gasteiger partial charge in [0.05, 0.1) is 12.7 Å². The quantitative estimate of drug-likeness (QED) is 0.788. The molecule has 0 aliphatic carbocycles. The second-order valence-corrected chi connectivity index (χ2v) is 7.74. The second-order valence-electron chi connectivity index (χ2n) is 7.74. The minimum Gasteiger partial charge on any atom is -0.496 e. The van der Waals surface area contributed by atoms with Crippen molar-refractivity contribution in [2.24, 2.45) is 0 Å². The molecule has 28 heavy (non-hydrogen) atoms. The first kappa shape index (κ1) is 20.1. The standard InChI is InChI=1S/C23H28N2O3/c1-14(2)18-12-22(28-5)20(11-19(18)15(3)26)23(27)24-21-8-6-7-16-13-25(4)10-9-17(16)21/h6-8,11-12,14H,9-10,13H2,1-5H3,(H,24,27). The summed E-state index contributed by atoms with van der Waals surface area (Å²) >= 11 is 0. The number of benzene rings is 2. The highest BCUT2D eigenvalue weighted by molar-refractivity contribution is 6.08. The molecule has 0 radical (unpaired) electrons. The van der Waals surface area contributed by atoms with Crippen molar-refractivity contribution >= 4 is 17.4 Å². The molecule has 5 heteroatoms. The van der Waals surface area contributed by atoms with Gasteiger partial charge >= 0.3 is 0 Å². The molecule has 1 aliphatic rings. The van der Waals surface area contributed by atoms with Crippen molar-refractivity contribution in [1.29, 1.82) is 0 Å². The summed E-state index contributed by atoms with van der Waals surface area (Å²) in [6.45, 7) is 7.41. The van der Waals surface area contributed by atoms with Gasteiger partial charge in [-0.25, -0.2) is 0 Å². The molecule has 0 unspecified atom stereocenters. The van der Waals surface area contributed by atoms with Crippen molar-refractivity contribution in [3.8, 4) is 5.75 Å². The first-order chi connectivity index (χ1) is 13.3. The Morgan fingerprint density at radius 3 is 2.57 bits per heavy atom. The number of rotatable bonds is 5. The van der Waals surface area contributed by atoms with Gasteiger partial charge in [0.15, 0.2) is 5.78 Å². The highest BCUT2D eigenvalue weighted by Gasteiger charge is 2.22. The van der Waals surface area contributed by atoms with Crippen LogP contribution in [0.25, 0.3) is 0 Å². The summed E-state index contributed by atoms with van der Waals surface area (Å²) in [7, 11) is 3.64. The van der Waals surface area contributed by atoms with Crippen molar-refractivity contribution in [3.05, 3.63) is 58.1 Å². The lowest BCUT2D eigenvalue weighted by atomic mass is 9.92. The molecule has 0 spiro atoms. The number of nitrogens with zero attached hydrogens (tertiary/aromatic N) is 1. The minimum absolute atomic E-state index is 0.0551. The highest BCUT2D eigenvalue weighted by Crippen LogP contribution is 2.31. The van der Waals surface area contributed by atoms with Crippen LogP contribution in [-0.4, -0.2) is 37.3 Å². The molecule has 1 heterocycles. The van der Waals surface area contributed by atoms with E-state index < -0.39 is 0 Å². The van der Waals surface area contributed by atoms with Crippen molar-refractivity contribution in [1.82, 2.24) is 4.90 Å². The summed E-state index contributed by atoms with van der Waals surface area (Å²) in [5.41, 5.74) is 5.08. The maximum atomic E-state index is 13.1. The summed E-state index contributed by atoms with van der Waals surface area (Å²) in [5, 5.41) is 3.04. The molecule has 0 fully saturated rings. The van der Waals surface area contributed by atoms with Crippen LogP contribution in [0.5, 0.6) is 5.75 Å². The van der Waals surface area contributed by atoms with E-state index in [1.165, 1.54) is 18.1 Å². The zero-order chi connectivity index (χ0) is 20.4. The maximum absolute atomic E-state index is 13.1. The van der Waals surface area contributed by atoms with Gasteiger partial charge in [-0.15, -0.1) is 0 Å². The van der Waals surface area contributed by atoms with E-state index in [-0.39, 0.29) is 17.6 Å². The zero-order valence-corrected chi connectivity index (χ0v) is 17.3. The number of anilines is 1. The fourth-order valence-corrected chi connectivity index (χ4v) is 3.78. The third kappa shape index (κ3) is 3.94. The Morgan fingerprint density at radius 2 is 1.93 bits per heavy atom. The number of hydrogen-bond acceptors (Lipinski definition) is 4.